The number of benzene rings is 3. The van der Waals surface area contributed by atoms with Gasteiger partial charge in [0.25, 0.3) is 0 Å². The van der Waals surface area contributed by atoms with Crippen LogP contribution in [0.4, 0.5) is 0 Å². The summed E-state index contributed by atoms with van der Waals surface area (Å²) in [5.74, 6) is 0.0515. The summed E-state index contributed by atoms with van der Waals surface area (Å²) in [5.41, 5.74) is 4.77. The minimum atomic E-state index is -0.186. The lowest BCUT2D eigenvalue weighted by Gasteiger charge is -2.23. The van der Waals surface area contributed by atoms with Crippen LogP contribution in [-0.2, 0) is 22.6 Å². The number of halogens is 1. The van der Waals surface area contributed by atoms with E-state index in [1.807, 2.05) is 24.3 Å². The van der Waals surface area contributed by atoms with E-state index in [1.54, 1.807) is 7.11 Å². The first-order chi connectivity index (χ1) is 16.6. The Morgan fingerprint density at radius 3 is 2.50 bits per heavy atom. The van der Waals surface area contributed by atoms with Gasteiger partial charge in [0.2, 0.25) is 5.91 Å². The molecule has 1 aliphatic rings. The van der Waals surface area contributed by atoms with E-state index in [0.717, 1.165) is 25.1 Å². The van der Waals surface area contributed by atoms with Crippen LogP contribution in [0.2, 0.25) is 5.02 Å². The highest BCUT2D eigenvalue weighted by molar-refractivity contribution is 6.30. The van der Waals surface area contributed by atoms with E-state index in [4.69, 9.17) is 16.3 Å². The molecule has 178 valence electrons. The Morgan fingerprint density at radius 2 is 1.76 bits per heavy atom. The second kappa shape index (κ2) is 12.1. The van der Waals surface area contributed by atoms with Crippen LogP contribution in [-0.4, -0.2) is 49.7 Å². The summed E-state index contributed by atoms with van der Waals surface area (Å²) in [4.78, 5) is 15.2. The maximum absolute atomic E-state index is 12.9. The van der Waals surface area contributed by atoms with Gasteiger partial charge in [0.05, 0.1) is 12.6 Å². The van der Waals surface area contributed by atoms with Crippen molar-refractivity contribution in [1.82, 2.24) is 15.5 Å². The van der Waals surface area contributed by atoms with Crippen molar-refractivity contribution in [2.24, 2.45) is 0 Å². The number of nitrogens with zero attached hydrogens (tertiary/aromatic N) is 1. The minimum absolute atomic E-state index is 0.0515. The molecule has 34 heavy (non-hydrogen) atoms. The summed E-state index contributed by atoms with van der Waals surface area (Å²) in [6.07, 6.45) is 0.765. The van der Waals surface area contributed by atoms with Crippen molar-refractivity contribution in [3.8, 4) is 11.1 Å². The molecule has 1 fully saturated rings. The topological polar surface area (TPSA) is 53.6 Å². The standard InChI is InChI=1S/C28H32ClN3O2/c1-34-15-14-30-28(33)27-17-26(20-32(27)19-22-6-5-9-25(29)16-22)31-18-21-10-12-24(13-11-21)23-7-3-2-4-8-23/h2-13,16,26-27,31H,14-15,17-20H2,1H3,(H,30,33)/t26-,27+/m1/s1. The summed E-state index contributed by atoms with van der Waals surface area (Å²) in [6.45, 7) is 3.28. The van der Waals surface area contributed by atoms with Crippen LogP contribution >= 0.6 is 11.6 Å². The molecular weight excluding hydrogens is 446 g/mol. The highest BCUT2D eigenvalue weighted by Gasteiger charge is 2.36. The molecule has 1 saturated heterocycles. The molecule has 0 radical (unpaired) electrons. The third kappa shape index (κ3) is 6.67. The predicted molar refractivity (Wildman–Crippen MR) is 138 cm³/mol. The molecular formula is C28H32ClN3O2. The molecule has 4 rings (SSSR count). The zero-order chi connectivity index (χ0) is 23.8. The van der Waals surface area contributed by atoms with E-state index in [2.05, 4.69) is 70.1 Å². The first-order valence-corrected chi connectivity index (χ1v) is 12.1. The Bertz CT molecular complexity index is 1060. The summed E-state index contributed by atoms with van der Waals surface area (Å²) in [6, 6.07) is 27.0. The van der Waals surface area contributed by atoms with Gasteiger partial charge in [-0.25, -0.2) is 0 Å². The maximum Gasteiger partial charge on any atom is 0.237 e. The van der Waals surface area contributed by atoms with Gasteiger partial charge < -0.3 is 15.4 Å². The minimum Gasteiger partial charge on any atom is -0.383 e. The Hall–Kier alpha value is -2.70. The maximum atomic E-state index is 12.9. The zero-order valence-corrected chi connectivity index (χ0v) is 20.3. The second-order valence-electron chi connectivity index (χ2n) is 8.74. The van der Waals surface area contributed by atoms with Gasteiger partial charge in [-0.05, 0) is 40.8 Å². The highest BCUT2D eigenvalue weighted by atomic mass is 35.5. The fourth-order valence-electron chi connectivity index (χ4n) is 4.47. The van der Waals surface area contributed by atoms with Crippen molar-refractivity contribution in [3.05, 3.63) is 95.0 Å². The van der Waals surface area contributed by atoms with E-state index in [9.17, 15) is 4.79 Å². The smallest absolute Gasteiger partial charge is 0.237 e. The zero-order valence-electron chi connectivity index (χ0n) is 19.5. The van der Waals surface area contributed by atoms with Gasteiger partial charge in [-0.15, -0.1) is 0 Å². The number of amides is 1. The fourth-order valence-corrected chi connectivity index (χ4v) is 4.68. The first-order valence-electron chi connectivity index (χ1n) is 11.8. The molecule has 0 spiro atoms. The summed E-state index contributed by atoms with van der Waals surface area (Å²) in [5, 5.41) is 7.39. The van der Waals surface area contributed by atoms with E-state index < -0.39 is 0 Å². The van der Waals surface area contributed by atoms with Crippen molar-refractivity contribution in [1.29, 1.82) is 0 Å². The normalized spacial score (nSPS) is 18.2. The third-order valence-corrected chi connectivity index (χ3v) is 6.48. The van der Waals surface area contributed by atoms with Crippen LogP contribution in [0.3, 0.4) is 0 Å². The van der Waals surface area contributed by atoms with Gasteiger partial charge >= 0.3 is 0 Å². The molecule has 6 heteroatoms. The molecule has 1 heterocycles. The Morgan fingerprint density at radius 1 is 1.00 bits per heavy atom. The van der Waals surface area contributed by atoms with Crippen molar-refractivity contribution in [3.63, 3.8) is 0 Å². The van der Waals surface area contributed by atoms with Crippen LogP contribution in [0.5, 0.6) is 0 Å². The Balaban J connectivity index is 1.38. The Labute approximate surface area is 207 Å². The van der Waals surface area contributed by atoms with E-state index >= 15 is 0 Å². The van der Waals surface area contributed by atoms with Crippen molar-refractivity contribution < 1.29 is 9.53 Å². The first kappa shape index (κ1) is 24.4. The number of rotatable bonds is 10. The molecule has 3 aromatic rings. The van der Waals surface area contributed by atoms with Crippen molar-refractivity contribution in [2.45, 2.75) is 31.6 Å². The van der Waals surface area contributed by atoms with Gasteiger partial charge in [-0.2, -0.15) is 0 Å². The lowest BCUT2D eigenvalue weighted by atomic mass is 10.0. The molecule has 0 aliphatic carbocycles. The van der Waals surface area contributed by atoms with Gasteiger partial charge in [0.15, 0.2) is 0 Å². The molecule has 0 unspecified atom stereocenters. The molecule has 0 saturated carbocycles. The molecule has 3 aromatic carbocycles. The van der Waals surface area contributed by atoms with E-state index in [0.29, 0.717) is 24.7 Å². The average Bonchev–Trinajstić information content (AvgIpc) is 3.26. The van der Waals surface area contributed by atoms with Crippen LogP contribution in [0.1, 0.15) is 17.5 Å². The van der Waals surface area contributed by atoms with E-state index in [1.165, 1.54) is 16.7 Å². The van der Waals surface area contributed by atoms with Crippen LogP contribution in [0, 0.1) is 0 Å². The van der Waals surface area contributed by atoms with Crippen LogP contribution in [0.15, 0.2) is 78.9 Å². The number of hydrogen-bond donors (Lipinski definition) is 2. The van der Waals surface area contributed by atoms with Gasteiger partial charge in [-0.1, -0.05) is 78.3 Å². The Kier molecular flexibility index (Phi) is 8.72. The third-order valence-electron chi connectivity index (χ3n) is 6.24. The largest absolute Gasteiger partial charge is 0.383 e. The van der Waals surface area contributed by atoms with Crippen LogP contribution < -0.4 is 10.6 Å². The molecule has 1 aliphatic heterocycles. The van der Waals surface area contributed by atoms with Crippen molar-refractivity contribution >= 4 is 17.5 Å². The number of carbonyl (C=O) groups is 1. The van der Waals surface area contributed by atoms with E-state index in [-0.39, 0.29) is 18.0 Å². The predicted octanol–water partition coefficient (Wildman–Crippen LogP) is 4.50. The fraction of sp³-hybridized carbons (Fsp3) is 0.321. The number of hydrogen-bond acceptors (Lipinski definition) is 4. The van der Waals surface area contributed by atoms with Gasteiger partial charge in [0.1, 0.15) is 0 Å². The quantitative estimate of drug-likeness (QED) is 0.422. The number of carbonyl (C=O) groups excluding carboxylic acids is 1. The average molecular weight is 478 g/mol. The van der Waals surface area contributed by atoms with Gasteiger partial charge in [-0.3, -0.25) is 9.69 Å². The number of nitrogens with one attached hydrogen (secondary N) is 2. The molecule has 0 aromatic heterocycles. The lowest BCUT2D eigenvalue weighted by molar-refractivity contribution is -0.125. The number of likely N-dealkylation sites (tertiary alicyclic amines) is 1. The molecule has 5 nitrogen and oxygen atoms in total. The highest BCUT2D eigenvalue weighted by Crippen LogP contribution is 2.23. The molecule has 2 atom stereocenters. The molecule has 0 bridgehead atoms. The monoisotopic (exact) mass is 477 g/mol. The number of methoxy groups -OCH3 is 1. The second-order valence-corrected chi connectivity index (χ2v) is 9.17. The summed E-state index contributed by atoms with van der Waals surface area (Å²) >= 11 is 6.19. The molecule has 2 N–H and O–H groups in total. The van der Waals surface area contributed by atoms with Crippen molar-refractivity contribution in [2.75, 3.05) is 26.8 Å². The number of ether oxygens (including phenoxy) is 1. The lowest BCUT2D eigenvalue weighted by Crippen LogP contribution is -2.43. The SMILES string of the molecule is COCCNC(=O)[C@@H]1C[C@@H](NCc2ccc(-c3ccccc3)cc2)CN1Cc1cccc(Cl)c1. The summed E-state index contributed by atoms with van der Waals surface area (Å²) < 4.78 is 5.08. The summed E-state index contributed by atoms with van der Waals surface area (Å²) in [7, 11) is 1.64. The molecule has 1 amide bonds. The van der Waals surface area contributed by atoms with Gasteiger partial charge in [0, 0.05) is 44.4 Å². The van der Waals surface area contributed by atoms with Crippen LogP contribution in [0.25, 0.3) is 11.1 Å².